The second-order valence-corrected chi connectivity index (χ2v) is 7.57. The van der Waals surface area contributed by atoms with E-state index in [2.05, 4.69) is 10.6 Å². The second kappa shape index (κ2) is 7.84. The van der Waals surface area contributed by atoms with E-state index in [1.54, 1.807) is 55.5 Å². The summed E-state index contributed by atoms with van der Waals surface area (Å²) in [6.45, 7) is 3.59. The fraction of sp³-hybridized carbons (Fsp3) is 0.318. The summed E-state index contributed by atoms with van der Waals surface area (Å²) in [5.74, 6) is -0.860. The van der Waals surface area contributed by atoms with Gasteiger partial charge in [-0.15, -0.1) is 0 Å². The molecule has 3 atom stereocenters. The van der Waals surface area contributed by atoms with Crippen molar-refractivity contribution in [2.75, 3.05) is 11.9 Å². The fourth-order valence-corrected chi connectivity index (χ4v) is 3.09. The van der Waals surface area contributed by atoms with Crippen LogP contribution >= 0.6 is 0 Å². The number of hydrogen-bond donors (Lipinski definition) is 3. The molecule has 2 amide bonds. The van der Waals surface area contributed by atoms with Gasteiger partial charge in [-0.25, -0.2) is 0 Å². The maximum atomic E-state index is 12.4. The molecule has 1 aliphatic rings. The first-order valence-electron chi connectivity index (χ1n) is 9.29. The molecule has 28 heavy (non-hydrogen) atoms. The molecule has 6 heteroatoms. The predicted octanol–water partition coefficient (Wildman–Crippen LogP) is 3.05. The first-order chi connectivity index (χ1) is 13.3. The number of aliphatic carboxylic acids is 1. The van der Waals surface area contributed by atoms with Gasteiger partial charge in [0.15, 0.2) is 0 Å². The van der Waals surface area contributed by atoms with Gasteiger partial charge in [0.1, 0.15) is 5.41 Å². The first-order valence-corrected chi connectivity index (χ1v) is 9.29. The van der Waals surface area contributed by atoms with Crippen LogP contribution in [0.3, 0.4) is 0 Å². The Kier molecular flexibility index (Phi) is 5.49. The first kappa shape index (κ1) is 19.6. The standard InChI is InChI=1S/C22H24N2O4/c1-14-12-18(14)20(26)24-17-10-8-15(9-11-17)19(25)23-13-22(2,21(27)28)16-6-4-3-5-7-16/h3-11,14,18H,12-13H2,1-2H3,(H,23,25)(H,24,26)(H,27,28). The minimum Gasteiger partial charge on any atom is -0.481 e. The molecule has 2 aromatic rings. The van der Waals surface area contributed by atoms with E-state index in [-0.39, 0.29) is 24.3 Å². The lowest BCUT2D eigenvalue weighted by Gasteiger charge is -2.25. The zero-order chi connectivity index (χ0) is 20.3. The summed E-state index contributed by atoms with van der Waals surface area (Å²) in [5.41, 5.74) is 0.431. The number of carbonyl (C=O) groups excluding carboxylic acids is 2. The monoisotopic (exact) mass is 380 g/mol. The number of carboxylic acid groups (broad SMARTS) is 1. The molecule has 6 nitrogen and oxygen atoms in total. The summed E-state index contributed by atoms with van der Waals surface area (Å²) in [4.78, 5) is 36.2. The maximum Gasteiger partial charge on any atom is 0.315 e. The van der Waals surface area contributed by atoms with E-state index in [1.807, 2.05) is 13.0 Å². The molecule has 2 aromatic carbocycles. The number of benzene rings is 2. The number of nitrogens with one attached hydrogen (secondary N) is 2. The van der Waals surface area contributed by atoms with Crippen LogP contribution in [0.25, 0.3) is 0 Å². The highest BCUT2D eigenvalue weighted by Crippen LogP contribution is 2.38. The van der Waals surface area contributed by atoms with Crippen LogP contribution in [0.15, 0.2) is 54.6 Å². The van der Waals surface area contributed by atoms with E-state index in [0.29, 0.717) is 22.7 Å². The fourth-order valence-electron chi connectivity index (χ4n) is 3.09. The molecule has 146 valence electrons. The Morgan fingerprint density at radius 1 is 1.07 bits per heavy atom. The number of carboxylic acids is 1. The van der Waals surface area contributed by atoms with Crippen molar-refractivity contribution in [3.63, 3.8) is 0 Å². The van der Waals surface area contributed by atoms with Crippen LogP contribution in [0.5, 0.6) is 0 Å². The molecular formula is C22H24N2O4. The van der Waals surface area contributed by atoms with Crippen molar-refractivity contribution >= 4 is 23.5 Å². The highest BCUT2D eigenvalue weighted by Gasteiger charge is 2.39. The van der Waals surface area contributed by atoms with Gasteiger partial charge < -0.3 is 15.7 Å². The molecule has 1 aliphatic carbocycles. The number of anilines is 1. The normalized spacial score (nSPS) is 19.9. The molecule has 0 saturated heterocycles. The van der Waals surface area contributed by atoms with E-state index >= 15 is 0 Å². The third kappa shape index (κ3) is 4.22. The lowest BCUT2D eigenvalue weighted by atomic mass is 9.82. The molecule has 0 heterocycles. The summed E-state index contributed by atoms with van der Waals surface area (Å²) in [7, 11) is 0. The minimum atomic E-state index is -1.23. The summed E-state index contributed by atoms with van der Waals surface area (Å²) >= 11 is 0. The van der Waals surface area contributed by atoms with Crippen molar-refractivity contribution in [2.24, 2.45) is 11.8 Å². The topological polar surface area (TPSA) is 95.5 Å². The third-order valence-corrected chi connectivity index (χ3v) is 5.35. The molecule has 3 unspecified atom stereocenters. The molecule has 0 spiro atoms. The van der Waals surface area contributed by atoms with Crippen molar-refractivity contribution in [3.8, 4) is 0 Å². The van der Waals surface area contributed by atoms with Crippen LogP contribution < -0.4 is 10.6 Å². The van der Waals surface area contributed by atoms with E-state index in [9.17, 15) is 19.5 Å². The highest BCUT2D eigenvalue weighted by atomic mass is 16.4. The van der Waals surface area contributed by atoms with Gasteiger partial charge in [0.25, 0.3) is 5.91 Å². The minimum absolute atomic E-state index is 0.00443. The van der Waals surface area contributed by atoms with E-state index in [1.165, 1.54) is 0 Å². The van der Waals surface area contributed by atoms with Crippen molar-refractivity contribution in [1.29, 1.82) is 0 Å². The quantitative estimate of drug-likeness (QED) is 0.688. The van der Waals surface area contributed by atoms with Crippen LogP contribution in [-0.2, 0) is 15.0 Å². The number of rotatable bonds is 7. The molecule has 1 fully saturated rings. The van der Waals surface area contributed by atoms with Crippen molar-refractivity contribution in [3.05, 3.63) is 65.7 Å². The summed E-state index contributed by atoms with van der Waals surface area (Å²) in [6, 6.07) is 15.4. The number of amides is 2. The van der Waals surface area contributed by atoms with Crippen molar-refractivity contribution in [1.82, 2.24) is 5.32 Å². The predicted molar refractivity (Wildman–Crippen MR) is 106 cm³/mol. The summed E-state index contributed by atoms with van der Waals surface area (Å²) < 4.78 is 0. The van der Waals surface area contributed by atoms with Gasteiger partial charge in [-0.2, -0.15) is 0 Å². The number of carbonyl (C=O) groups is 3. The average Bonchev–Trinajstić information content (AvgIpc) is 3.43. The van der Waals surface area contributed by atoms with Crippen LogP contribution in [0.1, 0.15) is 36.2 Å². The van der Waals surface area contributed by atoms with E-state index < -0.39 is 11.4 Å². The zero-order valence-electron chi connectivity index (χ0n) is 15.9. The van der Waals surface area contributed by atoms with Gasteiger partial charge in [-0.05, 0) is 49.1 Å². The van der Waals surface area contributed by atoms with Crippen LogP contribution in [0, 0.1) is 11.8 Å². The van der Waals surface area contributed by atoms with E-state index in [0.717, 1.165) is 6.42 Å². The molecule has 1 saturated carbocycles. The third-order valence-electron chi connectivity index (χ3n) is 5.35. The smallest absolute Gasteiger partial charge is 0.315 e. The van der Waals surface area contributed by atoms with Gasteiger partial charge >= 0.3 is 5.97 Å². The largest absolute Gasteiger partial charge is 0.481 e. The van der Waals surface area contributed by atoms with Gasteiger partial charge in [-0.1, -0.05) is 37.3 Å². The van der Waals surface area contributed by atoms with Crippen LogP contribution in [-0.4, -0.2) is 29.4 Å². The summed E-state index contributed by atoms with van der Waals surface area (Å²) in [5, 5.41) is 15.2. The Labute approximate surface area is 164 Å². The van der Waals surface area contributed by atoms with Crippen molar-refractivity contribution < 1.29 is 19.5 Å². The van der Waals surface area contributed by atoms with Gasteiger partial charge in [0, 0.05) is 23.7 Å². The molecule has 0 aromatic heterocycles. The summed E-state index contributed by atoms with van der Waals surface area (Å²) in [6.07, 6.45) is 0.913. The lowest BCUT2D eigenvalue weighted by molar-refractivity contribution is -0.143. The Balaban J connectivity index is 1.62. The second-order valence-electron chi connectivity index (χ2n) is 7.57. The van der Waals surface area contributed by atoms with Crippen molar-refractivity contribution in [2.45, 2.75) is 25.7 Å². The Hall–Kier alpha value is -3.15. The lowest BCUT2D eigenvalue weighted by Crippen LogP contribution is -2.44. The van der Waals surface area contributed by atoms with Gasteiger partial charge in [0.05, 0.1) is 0 Å². The number of hydrogen-bond acceptors (Lipinski definition) is 3. The van der Waals surface area contributed by atoms with E-state index in [4.69, 9.17) is 0 Å². The maximum absolute atomic E-state index is 12.4. The highest BCUT2D eigenvalue weighted by molar-refractivity contribution is 5.97. The zero-order valence-corrected chi connectivity index (χ0v) is 15.9. The molecule has 0 radical (unpaired) electrons. The van der Waals surface area contributed by atoms with Gasteiger partial charge in [-0.3, -0.25) is 14.4 Å². The molecule has 0 bridgehead atoms. The van der Waals surface area contributed by atoms with Gasteiger partial charge in [0.2, 0.25) is 5.91 Å². The Morgan fingerprint density at radius 2 is 1.68 bits per heavy atom. The van der Waals surface area contributed by atoms with Crippen LogP contribution in [0.4, 0.5) is 5.69 Å². The molecule has 0 aliphatic heterocycles. The Bertz CT molecular complexity index is 879. The molecule has 3 rings (SSSR count). The average molecular weight is 380 g/mol. The SMILES string of the molecule is CC1CC1C(=O)Nc1ccc(C(=O)NCC(C)(C(=O)O)c2ccccc2)cc1. The molecular weight excluding hydrogens is 356 g/mol. The Morgan fingerprint density at radius 3 is 2.21 bits per heavy atom. The molecule has 3 N–H and O–H groups in total. The van der Waals surface area contributed by atoms with Crippen LogP contribution in [0.2, 0.25) is 0 Å².